The first-order valence-corrected chi connectivity index (χ1v) is 6.26. The van der Waals surface area contributed by atoms with Crippen molar-refractivity contribution in [2.24, 2.45) is 10.9 Å². The predicted octanol–water partition coefficient (Wildman–Crippen LogP) is 1.22. The molecule has 0 aromatic carbocycles. The molecule has 2 aliphatic rings. The molecule has 1 saturated heterocycles. The van der Waals surface area contributed by atoms with Crippen molar-refractivity contribution >= 4 is 29.9 Å². The van der Waals surface area contributed by atoms with E-state index in [1.54, 1.807) is 0 Å². The van der Waals surface area contributed by atoms with Gasteiger partial charge in [0.25, 0.3) is 0 Å². The summed E-state index contributed by atoms with van der Waals surface area (Å²) in [7, 11) is 5.92. The maximum absolute atomic E-state index is 4.28. The molecule has 1 heterocycles. The Morgan fingerprint density at radius 3 is 2.41 bits per heavy atom. The molecule has 1 aliphatic carbocycles. The fourth-order valence-electron chi connectivity index (χ4n) is 2.49. The maximum Gasteiger partial charge on any atom is 0.193 e. The maximum atomic E-state index is 4.28. The fourth-order valence-corrected chi connectivity index (χ4v) is 2.49. The summed E-state index contributed by atoms with van der Waals surface area (Å²) < 4.78 is 0. The van der Waals surface area contributed by atoms with Gasteiger partial charge in [0.2, 0.25) is 0 Å². The molecule has 4 nitrogen and oxygen atoms in total. The minimum atomic E-state index is 0. The Bertz CT molecular complexity index is 276. The summed E-state index contributed by atoms with van der Waals surface area (Å²) in [5.74, 6) is 1.71. The molecule has 17 heavy (non-hydrogen) atoms. The molecule has 2 fully saturated rings. The highest BCUT2D eigenvalue weighted by atomic mass is 127. The third-order valence-corrected chi connectivity index (χ3v) is 3.65. The molecule has 0 aromatic rings. The summed E-state index contributed by atoms with van der Waals surface area (Å²) >= 11 is 0. The molecule has 2 rings (SSSR count). The molecule has 2 unspecified atom stereocenters. The molecular formula is C12H25IN4. The third kappa shape index (κ3) is 3.71. The van der Waals surface area contributed by atoms with Gasteiger partial charge >= 0.3 is 0 Å². The summed E-state index contributed by atoms with van der Waals surface area (Å²) in [6, 6.07) is 1.44. The summed E-state index contributed by atoms with van der Waals surface area (Å²) in [6.45, 7) is 4.76. The van der Waals surface area contributed by atoms with Crippen LogP contribution in [0.15, 0.2) is 4.99 Å². The monoisotopic (exact) mass is 352 g/mol. The van der Waals surface area contributed by atoms with Gasteiger partial charge < -0.3 is 10.2 Å². The number of nitrogens with one attached hydrogen (secondary N) is 1. The van der Waals surface area contributed by atoms with Crippen molar-refractivity contribution in [3.05, 3.63) is 0 Å². The van der Waals surface area contributed by atoms with Gasteiger partial charge in [-0.15, -0.1) is 24.0 Å². The lowest BCUT2D eigenvalue weighted by Gasteiger charge is -2.23. The quantitative estimate of drug-likeness (QED) is 0.461. The minimum absolute atomic E-state index is 0. The van der Waals surface area contributed by atoms with Crippen molar-refractivity contribution < 1.29 is 0 Å². The van der Waals surface area contributed by atoms with Crippen molar-refractivity contribution in [3.8, 4) is 0 Å². The summed E-state index contributed by atoms with van der Waals surface area (Å²) in [6.07, 6.45) is 2.81. The van der Waals surface area contributed by atoms with Crippen LogP contribution < -0.4 is 5.32 Å². The van der Waals surface area contributed by atoms with Crippen LogP contribution in [0.5, 0.6) is 0 Å². The highest BCUT2D eigenvalue weighted by Gasteiger charge is 2.38. The summed E-state index contributed by atoms with van der Waals surface area (Å²) in [4.78, 5) is 8.96. The van der Waals surface area contributed by atoms with E-state index in [1.165, 1.54) is 25.9 Å². The van der Waals surface area contributed by atoms with Crippen molar-refractivity contribution in [1.82, 2.24) is 15.1 Å². The zero-order chi connectivity index (χ0) is 11.7. The first-order valence-electron chi connectivity index (χ1n) is 6.26. The van der Waals surface area contributed by atoms with E-state index in [2.05, 4.69) is 22.1 Å². The lowest BCUT2D eigenvalue weighted by molar-refractivity contribution is 0.315. The van der Waals surface area contributed by atoms with Crippen LogP contribution in [-0.2, 0) is 0 Å². The van der Waals surface area contributed by atoms with Crippen LogP contribution in [0.4, 0.5) is 0 Å². The first kappa shape index (κ1) is 15.0. The highest BCUT2D eigenvalue weighted by molar-refractivity contribution is 14.0. The van der Waals surface area contributed by atoms with Gasteiger partial charge in [-0.3, -0.25) is 9.89 Å². The molecule has 2 atom stereocenters. The molecule has 1 N–H and O–H groups in total. The zero-order valence-electron chi connectivity index (χ0n) is 11.3. The largest absolute Gasteiger partial charge is 0.352 e. The standard InChI is InChI=1S/C12H24N4.HI/c1-9-7-16(10-5-6-10)8-11(9)14-12(13-2)15(3)4;/h9-11H,5-8H2,1-4H3,(H,13,14);1H. The van der Waals surface area contributed by atoms with E-state index < -0.39 is 0 Å². The number of aliphatic imine (C=N–C) groups is 1. The SMILES string of the molecule is CN=C(NC1CN(C2CC2)CC1C)N(C)C.I. The Morgan fingerprint density at radius 2 is 1.94 bits per heavy atom. The third-order valence-electron chi connectivity index (χ3n) is 3.65. The van der Waals surface area contributed by atoms with E-state index in [0.717, 1.165) is 17.9 Å². The fraction of sp³-hybridized carbons (Fsp3) is 0.917. The number of guanidine groups is 1. The molecule has 0 radical (unpaired) electrons. The Balaban J connectivity index is 0.00000144. The van der Waals surface area contributed by atoms with Gasteiger partial charge in [-0.2, -0.15) is 0 Å². The van der Waals surface area contributed by atoms with Gasteiger partial charge in [0, 0.05) is 46.3 Å². The van der Waals surface area contributed by atoms with E-state index in [-0.39, 0.29) is 24.0 Å². The van der Waals surface area contributed by atoms with Crippen LogP contribution in [0.3, 0.4) is 0 Å². The number of halogens is 1. The second-order valence-electron chi connectivity index (χ2n) is 5.35. The summed E-state index contributed by atoms with van der Waals surface area (Å²) in [5, 5.41) is 3.56. The molecule has 0 spiro atoms. The van der Waals surface area contributed by atoms with E-state index in [0.29, 0.717) is 6.04 Å². The molecule has 1 aliphatic heterocycles. The lowest BCUT2D eigenvalue weighted by atomic mass is 10.1. The number of nitrogens with zero attached hydrogens (tertiary/aromatic N) is 3. The Labute approximate surface area is 122 Å². The lowest BCUT2D eigenvalue weighted by Crippen LogP contribution is -2.46. The van der Waals surface area contributed by atoms with Gasteiger partial charge in [0.15, 0.2) is 5.96 Å². The zero-order valence-corrected chi connectivity index (χ0v) is 13.6. The van der Waals surface area contributed by atoms with Crippen molar-refractivity contribution in [1.29, 1.82) is 0 Å². The Hall–Kier alpha value is -0.0400. The normalized spacial score (nSPS) is 30.0. The first-order chi connectivity index (χ1) is 7.61. The Morgan fingerprint density at radius 1 is 1.29 bits per heavy atom. The van der Waals surface area contributed by atoms with Gasteiger partial charge in [-0.05, 0) is 18.8 Å². The van der Waals surface area contributed by atoms with E-state index in [1.807, 2.05) is 26.0 Å². The van der Waals surface area contributed by atoms with Crippen LogP contribution in [0, 0.1) is 5.92 Å². The molecule has 100 valence electrons. The van der Waals surface area contributed by atoms with Crippen LogP contribution in [0.1, 0.15) is 19.8 Å². The number of likely N-dealkylation sites (tertiary alicyclic amines) is 1. The van der Waals surface area contributed by atoms with Crippen LogP contribution >= 0.6 is 24.0 Å². The van der Waals surface area contributed by atoms with Crippen LogP contribution in [-0.4, -0.2) is 62.1 Å². The highest BCUT2D eigenvalue weighted by Crippen LogP contribution is 2.31. The van der Waals surface area contributed by atoms with Gasteiger partial charge in [0.05, 0.1) is 0 Å². The molecule has 0 aromatic heterocycles. The van der Waals surface area contributed by atoms with Crippen LogP contribution in [0.25, 0.3) is 0 Å². The molecule has 0 amide bonds. The number of hydrogen-bond acceptors (Lipinski definition) is 2. The second-order valence-corrected chi connectivity index (χ2v) is 5.35. The topological polar surface area (TPSA) is 30.9 Å². The van der Waals surface area contributed by atoms with Crippen molar-refractivity contribution in [2.45, 2.75) is 31.8 Å². The van der Waals surface area contributed by atoms with Gasteiger partial charge in [-0.25, -0.2) is 0 Å². The minimum Gasteiger partial charge on any atom is -0.352 e. The molecule has 1 saturated carbocycles. The average Bonchev–Trinajstić information content (AvgIpc) is 3.00. The summed E-state index contributed by atoms with van der Waals surface area (Å²) in [5.41, 5.74) is 0. The van der Waals surface area contributed by atoms with Crippen molar-refractivity contribution in [3.63, 3.8) is 0 Å². The molecule has 0 bridgehead atoms. The predicted molar refractivity (Wildman–Crippen MR) is 83.1 cm³/mol. The van der Waals surface area contributed by atoms with Crippen molar-refractivity contribution in [2.75, 3.05) is 34.2 Å². The Kier molecular flexibility index (Phi) is 5.50. The smallest absolute Gasteiger partial charge is 0.193 e. The molecule has 5 heteroatoms. The second kappa shape index (κ2) is 6.22. The van der Waals surface area contributed by atoms with E-state index in [9.17, 15) is 0 Å². The molecular weight excluding hydrogens is 327 g/mol. The van der Waals surface area contributed by atoms with E-state index >= 15 is 0 Å². The number of hydrogen-bond donors (Lipinski definition) is 1. The van der Waals surface area contributed by atoms with Gasteiger partial charge in [0.1, 0.15) is 0 Å². The van der Waals surface area contributed by atoms with Crippen LogP contribution in [0.2, 0.25) is 0 Å². The van der Waals surface area contributed by atoms with Gasteiger partial charge in [-0.1, -0.05) is 6.92 Å². The number of rotatable bonds is 2. The van der Waals surface area contributed by atoms with E-state index in [4.69, 9.17) is 0 Å². The average molecular weight is 352 g/mol.